The van der Waals surface area contributed by atoms with Gasteiger partial charge in [0.25, 0.3) is 5.91 Å². The van der Waals surface area contributed by atoms with E-state index >= 15 is 0 Å². The number of carbonyl (C=O) groups is 2. The Labute approximate surface area is 98.6 Å². The molecule has 0 atom stereocenters. The van der Waals surface area contributed by atoms with E-state index in [2.05, 4.69) is 10.4 Å². The first kappa shape index (κ1) is 11.4. The van der Waals surface area contributed by atoms with Crippen LogP contribution in [0.15, 0.2) is 6.20 Å². The van der Waals surface area contributed by atoms with Gasteiger partial charge in [0, 0.05) is 39.3 Å². The maximum absolute atomic E-state index is 12.1. The number of nitrogens with one attached hydrogen (secondary N) is 1. The zero-order valence-electron chi connectivity index (χ0n) is 9.64. The molecule has 0 unspecified atom stereocenters. The first-order valence-corrected chi connectivity index (χ1v) is 5.43. The van der Waals surface area contributed by atoms with E-state index in [1.54, 1.807) is 18.1 Å². The van der Waals surface area contributed by atoms with Crippen molar-refractivity contribution in [2.45, 2.75) is 6.42 Å². The molecular weight excluding hydrogens is 222 g/mol. The highest BCUT2D eigenvalue weighted by Gasteiger charge is 2.23. The van der Waals surface area contributed by atoms with Crippen molar-refractivity contribution in [2.75, 3.05) is 25.4 Å². The summed E-state index contributed by atoms with van der Waals surface area (Å²) in [5.74, 6) is -0.256. The predicted octanol–water partition coefficient (Wildman–Crippen LogP) is -1.04. The van der Waals surface area contributed by atoms with Crippen molar-refractivity contribution in [1.82, 2.24) is 20.0 Å². The van der Waals surface area contributed by atoms with Gasteiger partial charge in [-0.2, -0.15) is 5.10 Å². The van der Waals surface area contributed by atoms with Crippen LogP contribution in [0.25, 0.3) is 0 Å². The van der Waals surface area contributed by atoms with Crippen molar-refractivity contribution in [3.8, 4) is 0 Å². The average molecular weight is 237 g/mol. The van der Waals surface area contributed by atoms with Gasteiger partial charge in [-0.15, -0.1) is 0 Å². The fourth-order valence-electron chi connectivity index (χ4n) is 1.79. The second kappa shape index (κ2) is 4.44. The highest BCUT2D eigenvalue weighted by atomic mass is 16.2. The summed E-state index contributed by atoms with van der Waals surface area (Å²) in [6.45, 7) is 1.36. The Morgan fingerprint density at radius 2 is 2.29 bits per heavy atom. The molecule has 1 aliphatic rings. The highest BCUT2D eigenvalue weighted by molar-refractivity contribution is 5.97. The second-order valence-electron chi connectivity index (χ2n) is 4.00. The normalized spacial score (nSPS) is 16.5. The number of hydrogen-bond acceptors (Lipinski definition) is 4. The smallest absolute Gasteiger partial charge is 0.276 e. The quantitative estimate of drug-likeness (QED) is 0.652. The zero-order valence-corrected chi connectivity index (χ0v) is 9.64. The molecule has 92 valence electrons. The fraction of sp³-hybridized carbons (Fsp3) is 0.500. The van der Waals surface area contributed by atoms with E-state index in [0.29, 0.717) is 31.7 Å². The Bertz CT molecular complexity index is 454. The highest BCUT2D eigenvalue weighted by Crippen LogP contribution is 2.12. The van der Waals surface area contributed by atoms with Gasteiger partial charge in [0.05, 0.1) is 5.69 Å². The number of nitrogens with zero attached hydrogens (tertiary/aromatic N) is 3. The molecule has 7 heteroatoms. The van der Waals surface area contributed by atoms with Crippen LogP contribution in [0.3, 0.4) is 0 Å². The number of nitrogens with two attached hydrogens (primary N) is 1. The second-order valence-corrected chi connectivity index (χ2v) is 4.00. The minimum atomic E-state index is -0.223. The van der Waals surface area contributed by atoms with Gasteiger partial charge in [-0.1, -0.05) is 0 Å². The lowest BCUT2D eigenvalue weighted by Crippen LogP contribution is -2.34. The molecule has 3 N–H and O–H groups in total. The van der Waals surface area contributed by atoms with E-state index in [1.165, 1.54) is 4.68 Å². The van der Waals surface area contributed by atoms with E-state index in [-0.39, 0.29) is 17.5 Å². The summed E-state index contributed by atoms with van der Waals surface area (Å²) in [5, 5.41) is 6.74. The van der Waals surface area contributed by atoms with Gasteiger partial charge in [0.15, 0.2) is 5.69 Å². The maximum atomic E-state index is 12.1. The van der Waals surface area contributed by atoms with Crippen LogP contribution in [0.2, 0.25) is 0 Å². The van der Waals surface area contributed by atoms with Gasteiger partial charge in [-0.25, -0.2) is 0 Å². The van der Waals surface area contributed by atoms with E-state index < -0.39 is 0 Å². The summed E-state index contributed by atoms with van der Waals surface area (Å²) in [6, 6.07) is 0. The standard InChI is InChI=1S/C10H15N5O2/c1-14-6-7(11)9(13-14)10(17)15-4-2-8(16)12-3-5-15/h6H,2-5,11H2,1H3,(H,12,16). The summed E-state index contributed by atoms with van der Waals surface area (Å²) >= 11 is 0. The molecule has 1 saturated heterocycles. The van der Waals surface area contributed by atoms with Gasteiger partial charge in [-0.05, 0) is 0 Å². The Morgan fingerprint density at radius 1 is 1.53 bits per heavy atom. The number of aryl methyl sites for hydroxylation is 1. The molecule has 1 fully saturated rings. The lowest BCUT2D eigenvalue weighted by atomic mass is 10.3. The molecule has 0 bridgehead atoms. The zero-order chi connectivity index (χ0) is 12.4. The summed E-state index contributed by atoms with van der Waals surface area (Å²) < 4.78 is 1.50. The molecule has 1 aliphatic heterocycles. The van der Waals surface area contributed by atoms with Crippen molar-refractivity contribution in [3.63, 3.8) is 0 Å². The molecule has 2 heterocycles. The summed E-state index contributed by atoms with van der Waals surface area (Å²) in [4.78, 5) is 24.9. The third kappa shape index (κ3) is 2.38. The summed E-state index contributed by atoms with van der Waals surface area (Å²) in [6.07, 6.45) is 1.91. The van der Waals surface area contributed by atoms with Crippen LogP contribution in [-0.2, 0) is 11.8 Å². The number of anilines is 1. The monoisotopic (exact) mass is 237 g/mol. The van der Waals surface area contributed by atoms with E-state index in [4.69, 9.17) is 5.73 Å². The Morgan fingerprint density at radius 3 is 2.94 bits per heavy atom. The van der Waals surface area contributed by atoms with Crippen LogP contribution in [0.1, 0.15) is 16.9 Å². The van der Waals surface area contributed by atoms with E-state index in [9.17, 15) is 9.59 Å². The number of rotatable bonds is 1. The van der Waals surface area contributed by atoms with Crippen molar-refractivity contribution < 1.29 is 9.59 Å². The molecule has 0 saturated carbocycles. The van der Waals surface area contributed by atoms with Gasteiger partial charge in [-0.3, -0.25) is 14.3 Å². The lowest BCUT2D eigenvalue weighted by molar-refractivity contribution is -0.120. The fourth-order valence-corrected chi connectivity index (χ4v) is 1.79. The predicted molar refractivity (Wildman–Crippen MR) is 61.2 cm³/mol. The summed E-state index contributed by atoms with van der Waals surface area (Å²) in [5.41, 5.74) is 6.32. The molecule has 0 spiro atoms. The number of nitrogen functional groups attached to an aromatic ring is 1. The molecule has 0 aliphatic carbocycles. The summed E-state index contributed by atoms with van der Waals surface area (Å²) in [7, 11) is 1.71. The van der Waals surface area contributed by atoms with Gasteiger partial charge in [0.2, 0.25) is 5.91 Å². The van der Waals surface area contributed by atoms with Gasteiger partial charge in [0.1, 0.15) is 0 Å². The first-order chi connectivity index (χ1) is 8.08. The molecule has 2 amide bonds. The van der Waals surface area contributed by atoms with Crippen LogP contribution in [0, 0.1) is 0 Å². The molecule has 0 radical (unpaired) electrons. The van der Waals surface area contributed by atoms with Crippen molar-refractivity contribution in [3.05, 3.63) is 11.9 Å². The SMILES string of the molecule is Cn1cc(N)c(C(=O)N2CCNC(=O)CC2)n1. The van der Waals surface area contributed by atoms with E-state index in [0.717, 1.165) is 0 Å². The van der Waals surface area contributed by atoms with Crippen LogP contribution in [0.5, 0.6) is 0 Å². The Kier molecular flexibility index (Phi) is 2.99. The van der Waals surface area contributed by atoms with Gasteiger partial charge < -0.3 is 16.0 Å². The third-order valence-corrected chi connectivity index (χ3v) is 2.66. The average Bonchev–Trinajstić information content (AvgIpc) is 2.49. The molecule has 7 nitrogen and oxygen atoms in total. The molecule has 0 aromatic carbocycles. The largest absolute Gasteiger partial charge is 0.396 e. The Balaban J connectivity index is 2.14. The molecular formula is C10H15N5O2. The first-order valence-electron chi connectivity index (χ1n) is 5.43. The third-order valence-electron chi connectivity index (χ3n) is 2.66. The van der Waals surface area contributed by atoms with E-state index in [1.807, 2.05) is 0 Å². The topological polar surface area (TPSA) is 93.2 Å². The van der Waals surface area contributed by atoms with Gasteiger partial charge >= 0.3 is 0 Å². The van der Waals surface area contributed by atoms with Crippen molar-refractivity contribution >= 4 is 17.5 Å². The Hall–Kier alpha value is -2.05. The van der Waals surface area contributed by atoms with Crippen LogP contribution in [-0.4, -0.2) is 46.1 Å². The van der Waals surface area contributed by atoms with Crippen molar-refractivity contribution in [1.29, 1.82) is 0 Å². The molecule has 17 heavy (non-hydrogen) atoms. The van der Waals surface area contributed by atoms with Crippen LogP contribution in [0.4, 0.5) is 5.69 Å². The molecule has 2 rings (SSSR count). The molecule has 1 aromatic heterocycles. The number of hydrogen-bond donors (Lipinski definition) is 2. The minimum Gasteiger partial charge on any atom is -0.396 e. The molecule has 1 aromatic rings. The van der Waals surface area contributed by atoms with Crippen LogP contribution < -0.4 is 11.1 Å². The number of carbonyl (C=O) groups excluding carboxylic acids is 2. The minimum absolute atomic E-state index is 0.0331. The van der Waals surface area contributed by atoms with Crippen molar-refractivity contribution in [2.24, 2.45) is 7.05 Å². The van der Waals surface area contributed by atoms with Crippen LogP contribution >= 0.6 is 0 Å². The maximum Gasteiger partial charge on any atom is 0.276 e. The number of amides is 2. The number of aromatic nitrogens is 2. The lowest BCUT2D eigenvalue weighted by Gasteiger charge is -2.18.